The van der Waals surface area contributed by atoms with Gasteiger partial charge in [0.1, 0.15) is 0 Å². The zero-order valence-corrected chi connectivity index (χ0v) is 14.3. The lowest BCUT2D eigenvalue weighted by molar-refractivity contribution is 0.0696. The smallest absolute Gasteiger partial charge is 0.338 e. The number of benzene rings is 1. The summed E-state index contributed by atoms with van der Waals surface area (Å²) in [6, 6.07) is 5.66. The van der Waals surface area contributed by atoms with Crippen molar-refractivity contribution < 1.29 is 14.1 Å². The van der Waals surface area contributed by atoms with E-state index in [4.69, 9.17) is 6.42 Å². The van der Waals surface area contributed by atoms with Crippen LogP contribution in [0.15, 0.2) is 35.5 Å². The summed E-state index contributed by atoms with van der Waals surface area (Å²) >= 11 is 0. The molecule has 1 aromatic heterocycles. The molecule has 1 aliphatic rings. The Bertz CT molecular complexity index is 909. The Morgan fingerprint density at radius 2 is 2.12 bits per heavy atom. The molecule has 3 rings (SSSR count). The van der Waals surface area contributed by atoms with Gasteiger partial charge in [-0.25, -0.2) is 4.79 Å². The highest BCUT2D eigenvalue weighted by atomic mass is 32.2. The Kier molecular flexibility index (Phi) is 4.02. The van der Waals surface area contributed by atoms with Gasteiger partial charge < -0.3 is 5.11 Å². The molecule has 0 amide bonds. The van der Waals surface area contributed by atoms with Crippen molar-refractivity contribution in [1.29, 1.82) is 0 Å². The summed E-state index contributed by atoms with van der Waals surface area (Å²) in [4.78, 5) is 16.2. The topological polar surface area (TPSA) is 67.3 Å². The second kappa shape index (κ2) is 5.88. The van der Waals surface area contributed by atoms with Gasteiger partial charge in [0.25, 0.3) is 0 Å². The van der Waals surface area contributed by atoms with Gasteiger partial charge in [0.15, 0.2) is 0 Å². The Morgan fingerprint density at radius 1 is 1.38 bits per heavy atom. The second-order valence-electron chi connectivity index (χ2n) is 6.45. The SMILES string of the molecule is C#Cc1c(C(=O)O)cncc1-c1ccc2c(c1)C(C)(C)CCS2=O. The van der Waals surface area contributed by atoms with Gasteiger partial charge in [0, 0.05) is 34.2 Å². The number of hydrogen-bond acceptors (Lipinski definition) is 3. The first kappa shape index (κ1) is 16.4. The number of fused-ring (bicyclic) bond motifs is 1. The molecule has 1 aromatic carbocycles. The molecule has 0 aliphatic carbocycles. The molecule has 5 heteroatoms. The molecule has 2 heterocycles. The molecule has 122 valence electrons. The van der Waals surface area contributed by atoms with E-state index in [-0.39, 0.29) is 11.0 Å². The van der Waals surface area contributed by atoms with Crippen LogP contribution in [0.3, 0.4) is 0 Å². The van der Waals surface area contributed by atoms with Crippen LogP contribution in [0.2, 0.25) is 0 Å². The largest absolute Gasteiger partial charge is 0.478 e. The predicted octanol–water partition coefficient (Wildman–Crippen LogP) is 3.22. The third-order valence-corrected chi connectivity index (χ3v) is 5.92. The number of carboxylic acids is 1. The summed E-state index contributed by atoms with van der Waals surface area (Å²) in [5.41, 5.74) is 2.65. The Morgan fingerprint density at radius 3 is 2.79 bits per heavy atom. The summed E-state index contributed by atoms with van der Waals surface area (Å²) in [5.74, 6) is 2.03. The lowest BCUT2D eigenvalue weighted by atomic mass is 9.80. The fraction of sp³-hybridized carbons (Fsp3) is 0.263. The van der Waals surface area contributed by atoms with Gasteiger partial charge in [-0.1, -0.05) is 25.8 Å². The lowest BCUT2D eigenvalue weighted by Gasteiger charge is -2.32. The number of carboxylic acid groups (broad SMARTS) is 1. The molecular weight excluding hydrogens is 322 g/mol. The van der Waals surface area contributed by atoms with Gasteiger partial charge in [-0.15, -0.1) is 6.42 Å². The molecule has 24 heavy (non-hydrogen) atoms. The average Bonchev–Trinajstić information content (AvgIpc) is 2.57. The molecule has 0 radical (unpaired) electrons. The monoisotopic (exact) mass is 339 g/mol. The number of terminal acetylenes is 1. The molecule has 0 fully saturated rings. The zero-order chi connectivity index (χ0) is 17.5. The Balaban J connectivity index is 2.23. The number of nitrogens with zero attached hydrogens (tertiary/aromatic N) is 1. The minimum atomic E-state index is -1.10. The van der Waals surface area contributed by atoms with Crippen molar-refractivity contribution in [2.24, 2.45) is 0 Å². The van der Waals surface area contributed by atoms with Crippen LogP contribution in [-0.4, -0.2) is 26.0 Å². The van der Waals surface area contributed by atoms with E-state index in [9.17, 15) is 14.1 Å². The van der Waals surface area contributed by atoms with Gasteiger partial charge in [-0.3, -0.25) is 9.19 Å². The van der Waals surface area contributed by atoms with E-state index >= 15 is 0 Å². The molecule has 1 atom stereocenters. The van der Waals surface area contributed by atoms with E-state index < -0.39 is 16.8 Å². The van der Waals surface area contributed by atoms with E-state index in [1.165, 1.54) is 6.20 Å². The highest BCUT2D eigenvalue weighted by molar-refractivity contribution is 7.85. The van der Waals surface area contributed by atoms with Crippen LogP contribution in [0.5, 0.6) is 0 Å². The second-order valence-corrected chi connectivity index (χ2v) is 7.99. The van der Waals surface area contributed by atoms with Crippen molar-refractivity contribution in [1.82, 2.24) is 4.98 Å². The molecule has 2 aromatic rings. The summed E-state index contributed by atoms with van der Waals surface area (Å²) < 4.78 is 12.3. The van der Waals surface area contributed by atoms with Crippen LogP contribution < -0.4 is 0 Å². The Hall–Kier alpha value is -2.45. The maximum atomic E-state index is 12.3. The average molecular weight is 339 g/mol. The van der Waals surface area contributed by atoms with E-state index in [0.29, 0.717) is 16.9 Å². The number of hydrogen-bond donors (Lipinski definition) is 1. The molecule has 4 nitrogen and oxygen atoms in total. The first-order valence-corrected chi connectivity index (χ1v) is 8.88. The van der Waals surface area contributed by atoms with Gasteiger partial charge in [-0.2, -0.15) is 0 Å². The van der Waals surface area contributed by atoms with Gasteiger partial charge in [0.2, 0.25) is 0 Å². The van der Waals surface area contributed by atoms with Gasteiger partial charge in [0.05, 0.1) is 16.4 Å². The maximum Gasteiger partial charge on any atom is 0.338 e. The first-order valence-electron chi connectivity index (χ1n) is 7.56. The quantitative estimate of drug-likeness (QED) is 0.853. The Labute approximate surface area is 143 Å². The highest BCUT2D eigenvalue weighted by Gasteiger charge is 2.31. The molecule has 0 saturated carbocycles. The van der Waals surface area contributed by atoms with Crippen LogP contribution in [0.25, 0.3) is 11.1 Å². The highest BCUT2D eigenvalue weighted by Crippen LogP contribution is 2.39. The minimum absolute atomic E-state index is 0.00978. The number of aromatic nitrogens is 1. The van der Waals surface area contributed by atoms with Gasteiger partial charge >= 0.3 is 5.97 Å². The molecule has 1 aliphatic heterocycles. The number of pyridine rings is 1. The van der Waals surface area contributed by atoms with Crippen molar-refractivity contribution in [3.05, 3.63) is 47.3 Å². The predicted molar refractivity (Wildman–Crippen MR) is 93.5 cm³/mol. The summed E-state index contributed by atoms with van der Waals surface area (Å²) in [7, 11) is -0.995. The standard InChI is InChI=1S/C19H17NO3S/c1-4-13-14(10-20-11-15(13)18(21)22)12-5-6-17-16(9-12)19(2,3)7-8-24(17)23/h1,5-6,9-11H,7-8H2,2-3H3,(H,21,22). The van der Waals surface area contributed by atoms with E-state index in [1.807, 2.05) is 18.2 Å². The van der Waals surface area contributed by atoms with Crippen molar-refractivity contribution in [2.45, 2.75) is 30.6 Å². The van der Waals surface area contributed by atoms with Crippen LogP contribution in [-0.2, 0) is 16.2 Å². The van der Waals surface area contributed by atoms with Crippen molar-refractivity contribution >= 4 is 16.8 Å². The normalized spacial score (nSPS) is 18.5. The first-order chi connectivity index (χ1) is 11.3. The van der Waals surface area contributed by atoms with E-state index in [2.05, 4.69) is 24.8 Å². The third-order valence-electron chi connectivity index (χ3n) is 4.50. The van der Waals surface area contributed by atoms with Crippen molar-refractivity contribution in [3.8, 4) is 23.5 Å². The van der Waals surface area contributed by atoms with Crippen molar-refractivity contribution in [3.63, 3.8) is 0 Å². The molecule has 0 spiro atoms. The minimum Gasteiger partial charge on any atom is -0.478 e. The number of carbonyl (C=O) groups is 1. The molecule has 1 unspecified atom stereocenters. The van der Waals surface area contributed by atoms with Crippen LogP contribution in [0.4, 0.5) is 0 Å². The van der Waals surface area contributed by atoms with Crippen LogP contribution in [0.1, 0.15) is 41.8 Å². The van der Waals surface area contributed by atoms with Crippen LogP contribution >= 0.6 is 0 Å². The summed E-state index contributed by atoms with van der Waals surface area (Å²) in [5, 5.41) is 9.30. The molecule has 0 saturated heterocycles. The molecular formula is C19H17NO3S. The van der Waals surface area contributed by atoms with Crippen LogP contribution in [0, 0.1) is 12.3 Å². The molecule has 1 N–H and O–H groups in total. The fourth-order valence-electron chi connectivity index (χ4n) is 3.01. The number of rotatable bonds is 2. The summed E-state index contributed by atoms with van der Waals surface area (Å²) in [6.07, 6.45) is 9.23. The lowest BCUT2D eigenvalue weighted by Crippen LogP contribution is -2.27. The van der Waals surface area contributed by atoms with Crippen molar-refractivity contribution in [2.75, 3.05) is 5.75 Å². The zero-order valence-electron chi connectivity index (χ0n) is 13.5. The summed E-state index contributed by atoms with van der Waals surface area (Å²) in [6.45, 7) is 4.25. The third kappa shape index (κ3) is 2.63. The number of aromatic carboxylic acids is 1. The van der Waals surface area contributed by atoms with Gasteiger partial charge in [-0.05, 0) is 35.1 Å². The van der Waals surface area contributed by atoms with E-state index in [0.717, 1.165) is 22.4 Å². The van der Waals surface area contributed by atoms with E-state index in [1.54, 1.807) is 6.20 Å². The molecule has 0 bridgehead atoms. The fourth-order valence-corrected chi connectivity index (χ4v) is 4.73. The maximum absolute atomic E-state index is 12.3.